The number of hydrogen-bond donors (Lipinski definition) is 11. The molecule has 4 aliphatic heterocycles. The lowest BCUT2D eigenvalue weighted by Crippen LogP contribution is -2.62. The Kier molecular flexibility index (Phi) is 36.2. The van der Waals surface area contributed by atoms with Crippen LogP contribution in [0.25, 0.3) is 0 Å². The number of benzene rings is 1. The summed E-state index contributed by atoms with van der Waals surface area (Å²) in [5.74, 6) is -19.5. The van der Waals surface area contributed by atoms with E-state index in [-0.39, 0.29) is 83.2 Å². The molecule has 14 N–H and O–H groups in total. The second-order valence-corrected chi connectivity index (χ2v) is 31.2. The number of Topliss-reactive ketones (excluding diaryl/α,β-unsaturated/α-hetero) is 1. The minimum atomic E-state index is -1.93. The van der Waals surface area contributed by atoms with E-state index in [2.05, 4.69) is 37.2 Å². The Morgan fingerprint density at radius 1 is 0.702 bits per heavy atom. The van der Waals surface area contributed by atoms with Crippen molar-refractivity contribution in [3.8, 4) is 5.75 Å². The first kappa shape index (κ1) is 94.2. The van der Waals surface area contributed by atoms with Crippen molar-refractivity contribution in [2.75, 3.05) is 34.3 Å². The average molecular weight is 1610 g/mol. The summed E-state index contributed by atoms with van der Waals surface area (Å²) < 4.78 is 23.0. The van der Waals surface area contributed by atoms with Gasteiger partial charge in [-0.2, -0.15) is 0 Å². The lowest BCUT2D eigenvalue weighted by atomic mass is 9.91. The molecule has 5 rings (SSSR count). The van der Waals surface area contributed by atoms with E-state index >= 15 is 24.0 Å². The summed E-state index contributed by atoms with van der Waals surface area (Å²) in [5, 5.41) is 29.8. The number of amides is 14. The number of carbonyl (C=O) groups is 18. The van der Waals surface area contributed by atoms with Crippen molar-refractivity contribution in [1.82, 2.24) is 56.8 Å². The zero-order chi connectivity index (χ0) is 85.4. The third kappa shape index (κ3) is 26.9. The van der Waals surface area contributed by atoms with Crippen LogP contribution < -0.4 is 59.2 Å². The van der Waals surface area contributed by atoms with Gasteiger partial charge in [-0.15, -0.1) is 0 Å². The molecule has 114 heavy (non-hydrogen) atoms. The summed E-state index contributed by atoms with van der Waals surface area (Å²) in [5.41, 5.74) is 16.7. The molecule has 4 saturated heterocycles. The van der Waals surface area contributed by atoms with Gasteiger partial charge in [0.25, 0.3) is 5.91 Å². The number of rotatable bonds is 32. The number of aliphatic hydroxyl groups is 1. The highest BCUT2D eigenvalue weighted by Gasteiger charge is 2.47. The third-order valence-corrected chi connectivity index (χ3v) is 21.0. The number of esters is 3. The minimum Gasteiger partial charge on any atom is -0.497 e. The maximum atomic E-state index is 15.4. The van der Waals surface area contributed by atoms with E-state index in [1.807, 2.05) is 13.8 Å². The maximum absolute atomic E-state index is 15.4. The molecule has 37 heteroatoms. The Labute approximate surface area is 663 Å². The molecule has 0 bridgehead atoms. The van der Waals surface area contributed by atoms with Crippen LogP contribution in [0.1, 0.15) is 184 Å². The average Bonchev–Trinajstić information content (AvgIpc) is 1.46. The summed E-state index contributed by atoms with van der Waals surface area (Å²) in [6, 6.07) is -9.61. The summed E-state index contributed by atoms with van der Waals surface area (Å²) in [7, 11) is 4.08. The van der Waals surface area contributed by atoms with Gasteiger partial charge >= 0.3 is 17.9 Å². The number of carbonyl (C=O) groups excluding carboxylic acids is 18. The molecule has 4 heterocycles. The first-order valence-electron chi connectivity index (χ1n) is 39.1. The summed E-state index contributed by atoms with van der Waals surface area (Å²) in [6.07, 6.45) is -9.74. The van der Waals surface area contributed by atoms with E-state index in [0.717, 1.165) is 21.6 Å². The number of primary amides is 3. The Bertz CT molecular complexity index is 3670. The van der Waals surface area contributed by atoms with E-state index in [1.54, 1.807) is 65.8 Å². The number of likely N-dealkylation sites (tertiary alicyclic amines) is 1. The Morgan fingerprint density at radius 3 is 1.82 bits per heavy atom. The highest BCUT2D eigenvalue weighted by Crippen LogP contribution is 2.29. The molecule has 4 aliphatic rings. The van der Waals surface area contributed by atoms with Crippen molar-refractivity contribution in [1.29, 1.82) is 0 Å². The molecule has 7 unspecified atom stereocenters. The quantitative estimate of drug-likeness (QED) is 0.0220. The van der Waals surface area contributed by atoms with E-state index in [1.165, 1.54) is 40.0 Å². The molecule has 1 aromatic rings. The number of hydrogen-bond acceptors (Lipinski definition) is 23. The van der Waals surface area contributed by atoms with Crippen molar-refractivity contribution in [2.24, 2.45) is 46.8 Å². The zero-order valence-electron chi connectivity index (χ0n) is 67.7. The van der Waals surface area contributed by atoms with Gasteiger partial charge in [0.05, 0.1) is 31.6 Å². The normalized spacial score (nSPS) is 24.6. The molecule has 4 fully saturated rings. The molecule has 0 aliphatic carbocycles. The number of ether oxygens (including phenoxy) is 4. The Hall–Kier alpha value is -10.4. The highest BCUT2D eigenvalue weighted by molar-refractivity contribution is 6.05. The first-order valence-corrected chi connectivity index (χ1v) is 39.1. The van der Waals surface area contributed by atoms with Crippen LogP contribution in [-0.2, 0) is 107 Å². The van der Waals surface area contributed by atoms with Crippen LogP contribution in [0.3, 0.4) is 0 Å². The van der Waals surface area contributed by atoms with Gasteiger partial charge in [-0.3, -0.25) is 76.7 Å². The van der Waals surface area contributed by atoms with E-state index in [0.29, 0.717) is 17.7 Å². The summed E-state index contributed by atoms with van der Waals surface area (Å²) in [6.45, 7) is 17.3. The van der Waals surface area contributed by atoms with Crippen molar-refractivity contribution in [3.05, 3.63) is 29.8 Å². The van der Waals surface area contributed by atoms with Gasteiger partial charge < -0.3 is 98.1 Å². The molecule has 0 radical (unpaired) electrons. The van der Waals surface area contributed by atoms with Crippen LogP contribution in [0.5, 0.6) is 5.75 Å². The van der Waals surface area contributed by atoms with Gasteiger partial charge in [-0.05, 0) is 126 Å². The number of nitrogens with two attached hydrogens (primary N) is 3. The van der Waals surface area contributed by atoms with Gasteiger partial charge in [0.2, 0.25) is 76.8 Å². The van der Waals surface area contributed by atoms with Crippen LogP contribution in [0.15, 0.2) is 24.3 Å². The lowest BCUT2D eigenvalue weighted by molar-refractivity contribution is -0.163. The Balaban J connectivity index is 1.50. The highest BCUT2D eigenvalue weighted by atomic mass is 16.6. The summed E-state index contributed by atoms with van der Waals surface area (Å²) in [4.78, 5) is 256. The molecule has 0 spiro atoms. The van der Waals surface area contributed by atoms with E-state index < -0.39 is 259 Å². The number of nitrogens with one attached hydrogen (secondary N) is 7. The number of ketones is 1. The molecular formula is C77H118N14O23. The van der Waals surface area contributed by atoms with Crippen molar-refractivity contribution in [3.63, 3.8) is 0 Å². The van der Waals surface area contributed by atoms with Crippen LogP contribution in [0.2, 0.25) is 0 Å². The SMILES string of the molecule is CCC(C)[C@H]1NC(=O)[C@@H](NC(=O)[C@@H](CC(C)C)N(C)C(=O)C2CCCN2C(=O)C(C)OC(=O)C(CCC(N)=O)NC(=O)C(CCC(N)=O)NC(=O)C(CCC(N)=O)NC(=O)C2CCC(=O)N2)[C@@H](C)OC(=O)[C@H](Cc2ccc(OC)cc2)N(C)C(=O)[C@@H]2CCCN2C(=O)[C@H](CC(C)C)NC(=O)[C@@H](C)C(=O)[C@H](C(C)C)OC(=O)C[C@@H]1O. The number of likely N-dealkylation sites (N-methyl/N-ethyl adjacent to an activating group) is 2. The van der Waals surface area contributed by atoms with Crippen LogP contribution in [0.4, 0.5) is 0 Å². The summed E-state index contributed by atoms with van der Waals surface area (Å²) >= 11 is 0. The van der Waals surface area contributed by atoms with Crippen LogP contribution in [-0.4, -0.2) is 256 Å². The maximum Gasteiger partial charge on any atom is 0.329 e. The number of cyclic esters (lactones) is 2. The molecule has 14 amide bonds. The minimum absolute atomic E-state index is 0.00320. The molecule has 634 valence electrons. The van der Waals surface area contributed by atoms with Crippen molar-refractivity contribution < 1.29 is 110 Å². The number of fused-ring (bicyclic) bond motifs is 1. The third-order valence-electron chi connectivity index (χ3n) is 21.0. The molecular weight excluding hydrogens is 1490 g/mol. The van der Waals surface area contributed by atoms with Crippen LogP contribution in [0, 0.1) is 29.6 Å². The van der Waals surface area contributed by atoms with Crippen molar-refractivity contribution in [2.45, 2.75) is 276 Å². The molecule has 17 atom stereocenters. The zero-order valence-corrected chi connectivity index (χ0v) is 67.7. The molecule has 0 saturated carbocycles. The molecule has 37 nitrogen and oxygen atoms in total. The lowest BCUT2D eigenvalue weighted by Gasteiger charge is -2.36. The Morgan fingerprint density at radius 2 is 1.28 bits per heavy atom. The fraction of sp³-hybridized carbons (Fsp3) is 0.688. The van der Waals surface area contributed by atoms with Gasteiger partial charge in [0.1, 0.15) is 72.3 Å². The van der Waals surface area contributed by atoms with Gasteiger partial charge in [0, 0.05) is 59.3 Å². The van der Waals surface area contributed by atoms with Gasteiger partial charge in [-0.1, -0.05) is 73.9 Å². The predicted molar refractivity (Wildman–Crippen MR) is 406 cm³/mol. The van der Waals surface area contributed by atoms with Gasteiger partial charge in [-0.25, -0.2) is 9.59 Å². The topological polar surface area (TPSA) is 540 Å². The fourth-order valence-electron chi connectivity index (χ4n) is 14.1. The number of nitrogens with zero attached hydrogens (tertiary/aromatic N) is 4. The van der Waals surface area contributed by atoms with Crippen molar-refractivity contribution >= 4 is 106 Å². The first-order chi connectivity index (χ1) is 53.5. The second-order valence-electron chi connectivity index (χ2n) is 31.2. The predicted octanol–water partition coefficient (Wildman–Crippen LogP) is -1.60. The second kappa shape index (κ2) is 43.8. The van der Waals surface area contributed by atoms with Crippen LogP contribution >= 0.6 is 0 Å². The van der Waals surface area contributed by atoms with E-state index in [9.17, 15) is 67.4 Å². The number of methoxy groups -OCH3 is 1. The largest absolute Gasteiger partial charge is 0.497 e. The smallest absolute Gasteiger partial charge is 0.329 e. The molecule has 0 aromatic heterocycles. The van der Waals surface area contributed by atoms with Gasteiger partial charge in [0.15, 0.2) is 18.0 Å². The standard InChI is InChI=1S/C77H118N14O23/c1-15-41(8)62-56(92)37-61(97)114-65(40(6)7)64(98)42(9)66(99)85-51(34-38(2)3)73(106)91-33-17-19-53(91)75(108)89(13)55(36-45-20-22-46(111-14)23-21-45)77(110)112-43(10)63(71(104)86-62)87-70(103)54(35-39(4)5)88(12)74(107)52-18-16-32-90(52)72(105)44(11)113-76(109)50(26-30-59(80)95)84-69(102)49(25-29-58(79)94)83-68(101)48(24-28-57(78)93)82-67(100)47-27-31-60(96)81-47/h20-23,38-44,47-56,62-63,65,92H,15-19,24-37H2,1-14H3,(H2,78,93)(H2,79,94)(H2,80,95)(H,81,96)(H,82,100)(H,83,101)(H,84,102)(H,85,99)(H,86,104)(H,87,103)/t41?,42-,43+,44?,47?,48?,49?,50?,51-,52?,53-,54+,55-,56-,62+,63-,65-/m0/s1. The van der Waals surface area contributed by atoms with E-state index in [4.69, 9.17) is 36.1 Å². The fourth-order valence-corrected chi connectivity index (χ4v) is 14.1. The monoisotopic (exact) mass is 1610 g/mol. The number of aliphatic hydroxyl groups excluding tert-OH is 1. The molecule has 1 aromatic carbocycles.